The van der Waals surface area contributed by atoms with Gasteiger partial charge in [-0.05, 0) is 63.1 Å². The second-order valence-electron chi connectivity index (χ2n) is 6.15. The van der Waals surface area contributed by atoms with Gasteiger partial charge in [0.1, 0.15) is 28.6 Å². The van der Waals surface area contributed by atoms with Crippen LogP contribution in [0.2, 0.25) is 5.15 Å². The molecule has 0 N–H and O–H groups in total. The molecule has 0 unspecified atom stereocenters. The minimum atomic E-state index is 0.296. The maximum absolute atomic E-state index is 9.10. The number of rotatable bonds is 2. The molecule has 6 heteroatoms. The lowest BCUT2D eigenvalue weighted by Crippen LogP contribution is -1.96. The average molecular weight is 391 g/mol. The third kappa shape index (κ3) is 5.30. The standard InChI is InChI=1S/C14H12N2O.C8H7ClN2/c1-10-8-11(2)16-14(13(10)9-15)17-12-6-4-3-5-7-12;1-5-3-6(2)11-8(9)7(5)4-10/h3-8H,1-2H3;3H,1-2H3. The highest BCUT2D eigenvalue weighted by Gasteiger charge is 2.10. The Balaban J connectivity index is 0.000000221. The van der Waals surface area contributed by atoms with Crippen molar-refractivity contribution in [1.29, 1.82) is 10.5 Å². The average Bonchev–Trinajstić information content (AvgIpc) is 2.62. The predicted octanol–water partition coefficient (Wildman–Crippen LogP) is 5.59. The molecule has 28 heavy (non-hydrogen) atoms. The first-order valence-electron chi connectivity index (χ1n) is 8.50. The number of hydrogen-bond acceptors (Lipinski definition) is 5. The molecule has 3 aromatic rings. The lowest BCUT2D eigenvalue weighted by molar-refractivity contribution is 0.459. The molecule has 0 aliphatic heterocycles. The molecule has 0 amide bonds. The van der Waals surface area contributed by atoms with E-state index in [2.05, 4.69) is 16.0 Å². The van der Waals surface area contributed by atoms with Gasteiger partial charge in [-0.2, -0.15) is 10.5 Å². The van der Waals surface area contributed by atoms with E-state index in [-0.39, 0.29) is 0 Å². The van der Waals surface area contributed by atoms with Crippen molar-refractivity contribution in [2.24, 2.45) is 0 Å². The molecule has 140 valence electrons. The third-order valence-electron chi connectivity index (χ3n) is 3.79. The monoisotopic (exact) mass is 390 g/mol. The number of aromatic nitrogens is 2. The van der Waals surface area contributed by atoms with Gasteiger partial charge in [0.2, 0.25) is 5.88 Å². The van der Waals surface area contributed by atoms with Gasteiger partial charge in [-0.1, -0.05) is 29.8 Å². The molecule has 0 aliphatic rings. The highest BCUT2D eigenvalue weighted by Crippen LogP contribution is 2.25. The van der Waals surface area contributed by atoms with Gasteiger partial charge in [0.15, 0.2) is 0 Å². The van der Waals surface area contributed by atoms with Gasteiger partial charge in [-0.25, -0.2) is 9.97 Å². The molecule has 2 heterocycles. The van der Waals surface area contributed by atoms with E-state index in [1.54, 1.807) is 0 Å². The Morgan fingerprint density at radius 1 is 0.821 bits per heavy atom. The minimum absolute atomic E-state index is 0.296. The van der Waals surface area contributed by atoms with E-state index in [4.69, 9.17) is 26.9 Å². The van der Waals surface area contributed by atoms with Crippen LogP contribution in [0.15, 0.2) is 42.5 Å². The van der Waals surface area contributed by atoms with Gasteiger partial charge in [0.25, 0.3) is 0 Å². The van der Waals surface area contributed by atoms with Crippen LogP contribution in [0.25, 0.3) is 0 Å². The van der Waals surface area contributed by atoms with Gasteiger partial charge in [-0.15, -0.1) is 0 Å². The molecule has 3 rings (SSSR count). The van der Waals surface area contributed by atoms with Crippen LogP contribution in [0.5, 0.6) is 11.6 Å². The van der Waals surface area contributed by atoms with E-state index >= 15 is 0 Å². The Labute approximate surface area is 169 Å². The fraction of sp³-hybridized carbons (Fsp3) is 0.182. The van der Waals surface area contributed by atoms with Crippen LogP contribution in [-0.4, -0.2) is 9.97 Å². The number of hydrogen-bond donors (Lipinski definition) is 0. The summed E-state index contributed by atoms with van der Waals surface area (Å²) in [7, 11) is 0. The van der Waals surface area contributed by atoms with Crippen molar-refractivity contribution in [2.45, 2.75) is 27.7 Å². The summed E-state index contributed by atoms with van der Waals surface area (Å²) in [5.74, 6) is 1.05. The van der Waals surface area contributed by atoms with E-state index in [0.29, 0.717) is 27.9 Å². The fourth-order valence-corrected chi connectivity index (χ4v) is 2.86. The summed E-state index contributed by atoms with van der Waals surface area (Å²) in [6, 6.07) is 17.2. The highest BCUT2D eigenvalue weighted by atomic mass is 35.5. The second kappa shape index (κ2) is 9.50. The molecule has 0 fully saturated rings. The molecular formula is C22H19ClN4O. The number of halogens is 1. The second-order valence-corrected chi connectivity index (χ2v) is 6.50. The zero-order chi connectivity index (χ0) is 20.7. The van der Waals surface area contributed by atoms with Gasteiger partial charge < -0.3 is 4.74 Å². The topological polar surface area (TPSA) is 82.6 Å². The summed E-state index contributed by atoms with van der Waals surface area (Å²) in [6.45, 7) is 7.45. The van der Waals surface area contributed by atoms with Crippen LogP contribution in [0.4, 0.5) is 0 Å². The van der Waals surface area contributed by atoms with Crippen LogP contribution < -0.4 is 4.74 Å². The molecule has 5 nitrogen and oxygen atoms in total. The summed E-state index contributed by atoms with van der Waals surface area (Å²) < 4.78 is 5.63. The number of para-hydroxylation sites is 1. The van der Waals surface area contributed by atoms with Crippen molar-refractivity contribution < 1.29 is 4.74 Å². The van der Waals surface area contributed by atoms with Crippen molar-refractivity contribution in [2.75, 3.05) is 0 Å². The van der Waals surface area contributed by atoms with E-state index in [1.807, 2.05) is 76.2 Å². The lowest BCUT2D eigenvalue weighted by Gasteiger charge is -2.08. The number of nitriles is 2. The highest BCUT2D eigenvalue weighted by molar-refractivity contribution is 6.30. The summed E-state index contributed by atoms with van der Waals surface area (Å²) >= 11 is 5.70. The molecule has 0 aliphatic carbocycles. The first-order valence-corrected chi connectivity index (χ1v) is 8.88. The van der Waals surface area contributed by atoms with E-state index < -0.39 is 0 Å². The first-order chi connectivity index (χ1) is 13.3. The maximum Gasteiger partial charge on any atom is 0.237 e. The summed E-state index contributed by atoms with van der Waals surface area (Å²) in [5, 5.41) is 18.0. The number of pyridine rings is 2. The predicted molar refractivity (Wildman–Crippen MR) is 108 cm³/mol. The summed E-state index contributed by atoms with van der Waals surface area (Å²) in [6.07, 6.45) is 0. The Hall–Kier alpha value is -3.41. The molecular weight excluding hydrogens is 372 g/mol. The van der Waals surface area contributed by atoms with Crippen LogP contribution in [0.3, 0.4) is 0 Å². The number of aryl methyl sites for hydroxylation is 4. The van der Waals surface area contributed by atoms with Crippen molar-refractivity contribution in [3.05, 3.63) is 81.3 Å². The largest absolute Gasteiger partial charge is 0.438 e. The Morgan fingerprint density at radius 3 is 1.89 bits per heavy atom. The van der Waals surface area contributed by atoms with Crippen LogP contribution >= 0.6 is 11.6 Å². The minimum Gasteiger partial charge on any atom is -0.438 e. The first kappa shape index (κ1) is 20.9. The number of nitrogens with zero attached hydrogens (tertiary/aromatic N) is 4. The number of benzene rings is 1. The van der Waals surface area contributed by atoms with Crippen molar-refractivity contribution >= 4 is 11.6 Å². The quantitative estimate of drug-likeness (QED) is 0.533. The fourth-order valence-electron chi connectivity index (χ4n) is 2.54. The van der Waals surface area contributed by atoms with Crippen molar-refractivity contribution in [1.82, 2.24) is 9.97 Å². The molecule has 0 saturated carbocycles. The molecule has 2 aromatic heterocycles. The zero-order valence-corrected chi connectivity index (χ0v) is 16.9. The van der Waals surface area contributed by atoms with Crippen molar-refractivity contribution in [3.63, 3.8) is 0 Å². The Bertz CT molecular complexity index is 1040. The zero-order valence-electron chi connectivity index (χ0n) is 16.1. The number of ether oxygens (including phenoxy) is 1. The molecule has 0 bridgehead atoms. The van der Waals surface area contributed by atoms with Crippen molar-refractivity contribution in [3.8, 4) is 23.8 Å². The SMILES string of the molecule is Cc1cc(C)c(C#N)c(Cl)n1.Cc1cc(C)c(C#N)c(Oc2ccccc2)n1. The van der Waals surface area contributed by atoms with Gasteiger partial charge >= 0.3 is 0 Å². The van der Waals surface area contributed by atoms with Crippen LogP contribution in [0, 0.1) is 50.4 Å². The summed E-state index contributed by atoms with van der Waals surface area (Å²) in [5.41, 5.74) is 4.39. The molecule has 0 saturated heterocycles. The van der Waals surface area contributed by atoms with Crippen LogP contribution in [-0.2, 0) is 0 Å². The molecule has 0 spiro atoms. The van der Waals surface area contributed by atoms with Gasteiger partial charge in [-0.3, -0.25) is 0 Å². The lowest BCUT2D eigenvalue weighted by atomic mass is 10.1. The van der Waals surface area contributed by atoms with E-state index in [0.717, 1.165) is 22.5 Å². The summed E-state index contributed by atoms with van der Waals surface area (Å²) in [4.78, 5) is 8.20. The van der Waals surface area contributed by atoms with E-state index in [1.165, 1.54) is 0 Å². The third-order valence-corrected chi connectivity index (χ3v) is 4.07. The molecule has 1 aromatic carbocycles. The molecule has 0 atom stereocenters. The maximum atomic E-state index is 9.10. The van der Waals surface area contributed by atoms with Gasteiger partial charge in [0, 0.05) is 11.4 Å². The van der Waals surface area contributed by atoms with Gasteiger partial charge in [0.05, 0.1) is 5.56 Å². The van der Waals surface area contributed by atoms with Crippen LogP contribution in [0.1, 0.15) is 33.6 Å². The Morgan fingerprint density at radius 2 is 1.36 bits per heavy atom. The Kier molecular flexibility index (Phi) is 7.09. The molecule has 0 radical (unpaired) electrons. The van der Waals surface area contributed by atoms with E-state index in [9.17, 15) is 0 Å². The smallest absolute Gasteiger partial charge is 0.237 e. The normalized spacial score (nSPS) is 9.54.